The van der Waals surface area contributed by atoms with Crippen LogP contribution in [0.25, 0.3) is 0 Å². The van der Waals surface area contributed by atoms with Crippen molar-refractivity contribution in [2.75, 3.05) is 6.54 Å². The predicted octanol–water partition coefficient (Wildman–Crippen LogP) is 1.01. The molecule has 6 nitrogen and oxygen atoms in total. The minimum Gasteiger partial charge on any atom is -0.444 e. The molecule has 6 heteroatoms. The van der Waals surface area contributed by atoms with E-state index in [9.17, 15) is 9.59 Å². The minimum absolute atomic E-state index is 0.0168. The molecule has 20 heavy (non-hydrogen) atoms. The maximum absolute atomic E-state index is 12.5. The second-order valence-corrected chi connectivity index (χ2v) is 5.58. The molecule has 0 aromatic carbocycles. The Morgan fingerprint density at radius 2 is 2.05 bits per heavy atom. The third kappa shape index (κ3) is 1.90. The minimum atomic E-state index is -0.440. The standard InChI is InChI=1S/C14H19N3O3/c1-8-10(3)20-12(15-8)7-17-9(2)13(18)16-6-4-5-11(16)14(17)19/h9,11H,4-7H2,1-3H3. The van der Waals surface area contributed by atoms with Crippen LogP contribution >= 0.6 is 0 Å². The zero-order valence-corrected chi connectivity index (χ0v) is 12.0. The summed E-state index contributed by atoms with van der Waals surface area (Å²) in [4.78, 5) is 32.4. The van der Waals surface area contributed by atoms with Gasteiger partial charge in [0.25, 0.3) is 0 Å². The SMILES string of the molecule is Cc1nc(CN2C(=O)C3CCCN3C(=O)C2C)oc1C. The molecule has 2 aliphatic heterocycles. The number of hydrogen-bond acceptors (Lipinski definition) is 4. The third-order valence-corrected chi connectivity index (χ3v) is 4.31. The molecule has 3 heterocycles. The van der Waals surface area contributed by atoms with E-state index in [4.69, 9.17) is 4.42 Å². The Hall–Kier alpha value is -1.85. The first kappa shape index (κ1) is 13.1. The molecule has 0 aliphatic carbocycles. The number of aryl methyl sites for hydroxylation is 2. The summed E-state index contributed by atoms with van der Waals surface area (Å²) in [6, 6.07) is -0.722. The van der Waals surface area contributed by atoms with Crippen molar-refractivity contribution in [1.29, 1.82) is 0 Å². The normalized spacial score (nSPS) is 26.4. The van der Waals surface area contributed by atoms with Crippen LogP contribution in [0.1, 0.15) is 37.1 Å². The number of hydrogen-bond donors (Lipinski definition) is 0. The summed E-state index contributed by atoms with van der Waals surface area (Å²) in [7, 11) is 0. The average molecular weight is 277 g/mol. The van der Waals surface area contributed by atoms with Gasteiger partial charge in [0.05, 0.1) is 12.2 Å². The van der Waals surface area contributed by atoms with Crippen LogP contribution in [0, 0.1) is 13.8 Å². The number of oxazole rings is 1. The van der Waals surface area contributed by atoms with Crippen molar-refractivity contribution < 1.29 is 14.0 Å². The molecular weight excluding hydrogens is 258 g/mol. The number of nitrogens with zero attached hydrogens (tertiary/aromatic N) is 3. The summed E-state index contributed by atoms with van der Waals surface area (Å²) in [6.07, 6.45) is 1.66. The number of fused-ring (bicyclic) bond motifs is 1. The lowest BCUT2D eigenvalue weighted by molar-refractivity contribution is -0.159. The Morgan fingerprint density at radius 1 is 1.30 bits per heavy atom. The molecule has 3 rings (SSSR count). The molecule has 0 saturated carbocycles. The highest BCUT2D eigenvalue weighted by molar-refractivity contribution is 5.97. The monoisotopic (exact) mass is 277 g/mol. The van der Waals surface area contributed by atoms with Crippen molar-refractivity contribution in [2.24, 2.45) is 0 Å². The third-order valence-electron chi connectivity index (χ3n) is 4.31. The van der Waals surface area contributed by atoms with Gasteiger partial charge >= 0.3 is 0 Å². The highest BCUT2D eigenvalue weighted by Crippen LogP contribution is 2.28. The fourth-order valence-electron chi connectivity index (χ4n) is 3.01. The second-order valence-electron chi connectivity index (χ2n) is 5.58. The molecule has 108 valence electrons. The van der Waals surface area contributed by atoms with Gasteiger partial charge in [0, 0.05) is 6.54 Å². The van der Waals surface area contributed by atoms with Gasteiger partial charge in [0.2, 0.25) is 17.7 Å². The van der Waals surface area contributed by atoms with Gasteiger partial charge in [0.15, 0.2) is 0 Å². The van der Waals surface area contributed by atoms with Gasteiger partial charge in [-0.05, 0) is 33.6 Å². The largest absolute Gasteiger partial charge is 0.444 e. The van der Waals surface area contributed by atoms with E-state index in [1.807, 2.05) is 13.8 Å². The summed E-state index contributed by atoms with van der Waals surface area (Å²) in [5, 5.41) is 0. The van der Waals surface area contributed by atoms with Gasteiger partial charge in [-0.15, -0.1) is 0 Å². The number of aromatic nitrogens is 1. The zero-order chi connectivity index (χ0) is 14.4. The van der Waals surface area contributed by atoms with Crippen molar-refractivity contribution >= 4 is 11.8 Å². The fourth-order valence-corrected chi connectivity index (χ4v) is 3.01. The van der Waals surface area contributed by atoms with E-state index in [2.05, 4.69) is 4.98 Å². The van der Waals surface area contributed by atoms with Crippen molar-refractivity contribution in [3.63, 3.8) is 0 Å². The molecule has 0 bridgehead atoms. The smallest absolute Gasteiger partial charge is 0.246 e. The van der Waals surface area contributed by atoms with Crippen molar-refractivity contribution in [3.8, 4) is 0 Å². The number of rotatable bonds is 2. The van der Waals surface area contributed by atoms with Crippen LogP contribution < -0.4 is 0 Å². The van der Waals surface area contributed by atoms with E-state index in [1.54, 1.807) is 16.7 Å². The van der Waals surface area contributed by atoms with Crippen molar-refractivity contribution in [2.45, 2.75) is 52.2 Å². The molecule has 2 atom stereocenters. The summed E-state index contributed by atoms with van der Waals surface area (Å²) in [6.45, 7) is 6.46. The number of piperazine rings is 1. The molecule has 2 unspecified atom stereocenters. The van der Waals surface area contributed by atoms with Crippen LogP contribution in [0.3, 0.4) is 0 Å². The van der Waals surface area contributed by atoms with Gasteiger partial charge in [-0.3, -0.25) is 9.59 Å². The van der Waals surface area contributed by atoms with Crippen LogP contribution in [0.4, 0.5) is 0 Å². The summed E-state index contributed by atoms with van der Waals surface area (Å²) in [5.41, 5.74) is 0.825. The summed E-state index contributed by atoms with van der Waals surface area (Å²) >= 11 is 0. The van der Waals surface area contributed by atoms with E-state index in [0.29, 0.717) is 12.4 Å². The van der Waals surface area contributed by atoms with Gasteiger partial charge in [-0.1, -0.05) is 0 Å². The van der Waals surface area contributed by atoms with E-state index in [-0.39, 0.29) is 24.4 Å². The first-order chi connectivity index (χ1) is 9.49. The Bertz CT molecular complexity index is 547. The molecule has 2 aliphatic rings. The lowest BCUT2D eigenvalue weighted by Crippen LogP contribution is -2.61. The molecule has 1 aromatic heterocycles. The van der Waals surface area contributed by atoms with Crippen LogP contribution in [0.5, 0.6) is 0 Å². The van der Waals surface area contributed by atoms with E-state index in [0.717, 1.165) is 24.3 Å². The van der Waals surface area contributed by atoms with E-state index >= 15 is 0 Å². The Balaban J connectivity index is 1.84. The van der Waals surface area contributed by atoms with Gasteiger partial charge < -0.3 is 14.2 Å². The maximum atomic E-state index is 12.5. The van der Waals surface area contributed by atoms with Gasteiger partial charge in [0.1, 0.15) is 17.8 Å². The fraction of sp³-hybridized carbons (Fsp3) is 0.643. The lowest BCUT2D eigenvalue weighted by atomic mass is 10.1. The van der Waals surface area contributed by atoms with Crippen LogP contribution in [0.2, 0.25) is 0 Å². The second kappa shape index (κ2) is 4.61. The van der Waals surface area contributed by atoms with Crippen LogP contribution in [-0.2, 0) is 16.1 Å². The number of amides is 2. The number of carbonyl (C=O) groups excluding carboxylic acids is 2. The van der Waals surface area contributed by atoms with Crippen molar-refractivity contribution in [3.05, 3.63) is 17.3 Å². The van der Waals surface area contributed by atoms with Crippen molar-refractivity contribution in [1.82, 2.24) is 14.8 Å². The highest BCUT2D eigenvalue weighted by Gasteiger charge is 2.46. The molecule has 2 amide bonds. The molecule has 0 N–H and O–H groups in total. The van der Waals surface area contributed by atoms with Gasteiger partial charge in [-0.2, -0.15) is 0 Å². The van der Waals surface area contributed by atoms with Gasteiger partial charge in [-0.25, -0.2) is 4.98 Å². The quantitative estimate of drug-likeness (QED) is 0.809. The topological polar surface area (TPSA) is 66.7 Å². The van der Waals surface area contributed by atoms with E-state index < -0.39 is 6.04 Å². The Morgan fingerprint density at radius 3 is 2.70 bits per heavy atom. The van der Waals surface area contributed by atoms with Crippen LogP contribution in [-0.4, -0.2) is 45.2 Å². The highest BCUT2D eigenvalue weighted by atomic mass is 16.4. The zero-order valence-electron chi connectivity index (χ0n) is 12.0. The molecule has 2 saturated heterocycles. The molecule has 1 aromatic rings. The predicted molar refractivity (Wildman–Crippen MR) is 70.7 cm³/mol. The average Bonchev–Trinajstić information content (AvgIpc) is 3.00. The van der Waals surface area contributed by atoms with E-state index in [1.165, 1.54) is 0 Å². The first-order valence-electron chi connectivity index (χ1n) is 7.03. The molecule has 2 fully saturated rings. The summed E-state index contributed by atoms with van der Waals surface area (Å²) < 4.78 is 5.53. The molecule has 0 spiro atoms. The first-order valence-corrected chi connectivity index (χ1v) is 7.03. The Kier molecular flexibility index (Phi) is 3.03. The number of carbonyl (C=O) groups is 2. The molecular formula is C14H19N3O3. The maximum Gasteiger partial charge on any atom is 0.246 e. The lowest BCUT2D eigenvalue weighted by Gasteiger charge is -2.40. The Labute approximate surface area is 117 Å². The molecule has 0 radical (unpaired) electrons. The summed E-state index contributed by atoms with van der Waals surface area (Å²) in [5.74, 6) is 1.31. The van der Waals surface area contributed by atoms with Crippen LogP contribution in [0.15, 0.2) is 4.42 Å².